The third-order valence-electron chi connectivity index (χ3n) is 7.88. The first-order chi connectivity index (χ1) is 18.7. The first-order valence-corrected chi connectivity index (χ1v) is 13.4. The number of aromatic hydroxyl groups is 1. The molecule has 2 atom stereocenters. The number of likely N-dealkylation sites (N-methyl/N-ethyl adjacent to an activating group) is 1. The van der Waals surface area contributed by atoms with E-state index in [2.05, 4.69) is 29.0 Å². The average molecular weight is 535 g/mol. The van der Waals surface area contributed by atoms with Crippen LogP contribution in [0.25, 0.3) is 10.9 Å². The minimum Gasteiger partial charge on any atom is -0.508 e. The third-order valence-corrected chi connectivity index (χ3v) is 7.88. The van der Waals surface area contributed by atoms with Gasteiger partial charge in [0.15, 0.2) is 11.6 Å². The Hall–Kier alpha value is -3.85. The molecular formula is C30H35FN4O4. The fraction of sp³-hybridized carbons (Fsp3) is 0.400. The van der Waals surface area contributed by atoms with Gasteiger partial charge in [-0.2, -0.15) is 0 Å². The zero-order valence-electron chi connectivity index (χ0n) is 22.8. The number of amides is 3. The lowest BCUT2D eigenvalue weighted by Gasteiger charge is -2.42. The van der Waals surface area contributed by atoms with E-state index in [9.17, 15) is 14.7 Å². The van der Waals surface area contributed by atoms with Crippen molar-refractivity contribution in [3.8, 4) is 11.5 Å². The lowest BCUT2D eigenvalue weighted by molar-refractivity contribution is -0.133. The predicted molar refractivity (Wildman–Crippen MR) is 147 cm³/mol. The molecule has 2 N–H and O–H groups in total. The Labute approximate surface area is 227 Å². The minimum absolute atomic E-state index is 0.0419. The quantitative estimate of drug-likeness (QED) is 0.299. The molecule has 3 amide bonds. The summed E-state index contributed by atoms with van der Waals surface area (Å²) >= 11 is 0. The van der Waals surface area contributed by atoms with Crippen LogP contribution in [0.3, 0.4) is 0 Å². The first-order valence-electron chi connectivity index (χ1n) is 13.4. The highest BCUT2D eigenvalue weighted by Crippen LogP contribution is 2.49. The van der Waals surface area contributed by atoms with Crippen LogP contribution in [0.15, 0.2) is 48.6 Å². The van der Waals surface area contributed by atoms with E-state index in [0.717, 1.165) is 19.5 Å². The van der Waals surface area contributed by atoms with Crippen molar-refractivity contribution in [3.63, 3.8) is 0 Å². The van der Waals surface area contributed by atoms with Gasteiger partial charge >= 0.3 is 6.03 Å². The molecule has 39 heavy (non-hydrogen) atoms. The summed E-state index contributed by atoms with van der Waals surface area (Å²) in [5, 5.41) is 10.6. The number of hydrogen-bond acceptors (Lipinski definition) is 5. The molecule has 5 rings (SSSR count). The van der Waals surface area contributed by atoms with Gasteiger partial charge in [0.2, 0.25) is 0 Å². The van der Waals surface area contributed by atoms with E-state index in [1.807, 2.05) is 13.1 Å². The molecule has 8 nitrogen and oxygen atoms in total. The van der Waals surface area contributed by atoms with E-state index < -0.39 is 17.4 Å². The molecule has 1 aromatic heterocycles. The Bertz CT molecular complexity index is 1450. The molecule has 2 aliphatic heterocycles. The second-order valence-electron chi connectivity index (χ2n) is 10.6. The van der Waals surface area contributed by atoms with Gasteiger partial charge in [-0.3, -0.25) is 14.6 Å². The van der Waals surface area contributed by atoms with Crippen LogP contribution >= 0.6 is 0 Å². The number of fused-ring (bicyclic) bond motifs is 4. The number of ether oxygens (including phenoxy) is 1. The van der Waals surface area contributed by atoms with Gasteiger partial charge in [-0.25, -0.2) is 9.18 Å². The molecular weight excluding hydrogens is 499 g/mol. The van der Waals surface area contributed by atoms with E-state index >= 15 is 4.39 Å². The van der Waals surface area contributed by atoms with Crippen LogP contribution in [0.4, 0.5) is 9.18 Å². The molecule has 0 aliphatic carbocycles. The van der Waals surface area contributed by atoms with Crippen molar-refractivity contribution in [3.05, 3.63) is 71.2 Å². The summed E-state index contributed by atoms with van der Waals surface area (Å²) in [6.45, 7) is 5.66. The van der Waals surface area contributed by atoms with Crippen LogP contribution < -0.4 is 4.74 Å². The standard InChI is InChI=1S/C30H35FN4O4/c1-5-6-7-14-33(3)15-9-16-34-28(37)30(2)18-21-24-22(12-13-23(39-4)25(24)31)32-26(21)27(35(30)29(34)38)19-10-8-11-20(36)17-19/h6-8,10-13,17,27,32,36H,5,9,14-16,18H2,1-4H3/b7-6-/t27-,30+/m1/s1. The van der Waals surface area contributed by atoms with Gasteiger partial charge in [-0.1, -0.05) is 31.2 Å². The number of carbonyl (C=O) groups excluding carboxylic acids is 2. The summed E-state index contributed by atoms with van der Waals surface area (Å²) < 4.78 is 20.8. The second kappa shape index (κ2) is 10.4. The summed E-state index contributed by atoms with van der Waals surface area (Å²) in [5.74, 6) is -0.651. The van der Waals surface area contributed by atoms with Gasteiger partial charge in [0.05, 0.1) is 7.11 Å². The number of hydrogen-bond donors (Lipinski definition) is 2. The highest BCUT2D eigenvalue weighted by atomic mass is 19.1. The normalized spacial score (nSPS) is 20.9. The van der Waals surface area contributed by atoms with E-state index in [-0.39, 0.29) is 36.4 Å². The summed E-state index contributed by atoms with van der Waals surface area (Å²) in [4.78, 5) is 36.3. The topological polar surface area (TPSA) is 89.1 Å². The lowest BCUT2D eigenvalue weighted by atomic mass is 9.81. The van der Waals surface area contributed by atoms with Crippen molar-refractivity contribution in [1.29, 1.82) is 0 Å². The monoisotopic (exact) mass is 534 g/mol. The maximum atomic E-state index is 15.6. The maximum Gasteiger partial charge on any atom is 0.328 e. The Morgan fingerprint density at radius 2 is 2.05 bits per heavy atom. The number of imide groups is 1. The Kier molecular flexibility index (Phi) is 7.11. The number of benzene rings is 2. The van der Waals surface area contributed by atoms with Gasteiger partial charge in [-0.05, 0) is 68.8 Å². The van der Waals surface area contributed by atoms with Gasteiger partial charge in [0, 0.05) is 36.1 Å². The van der Waals surface area contributed by atoms with Crippen LogP contribution in [0, 0.1) is 5.82 Å². The number of allylic oxidation sites excluding steroid dienone is 1. The number of aromatic nitrogens is 1. The van der Waals surface area contributed by atoms with Crippen LogP contribution in [0.1, 0.15) is 49.6 Å². The zero-order valence-corrected chi connectivity index (χ0v) is 22.8. The number of urea groups is 1. The fourth-order valence-electron chi connectivity index (χ4n) is 5.96. The van der Waals surface area contributed by atoms with Crippen LogP contribution in [0.5, 0.6) is 11.5 Å². The van der Waals surface area contributed by atoms with Crippen molar-refractivity contribution in [2.75, 3.05) is 33.8 Å². The molecule has 0 bridgehead atoms. The first kappa shape index (κ1) is 26.7. The number of rotatable bonds is 9. The SMILES string of the molecule is CC/C=C\CN(C)CCCN1C(=O)N2[C@H](c3cccc(O)c3)c3[nH]c4ccc(OC)c(F)c4c3C[C@@]2(C)C1=O. The smallest absolute Gasteiger partial charge is 0.328 e. The van der Waals surface area contributed by atoms with Gasteiger partial charge in [-0.15, -0.1) is 0 Å². The molecule has 2 aromatic carbocycles. The molecule has 9 heteroatoms. The molecule has 0 spiro atoms. The molecule has 0 radical (unpaired) electrons. The maximum absolute atomic E-state index is 15.6. The lowest BCUT2D eigenvalue weighted by Crippen LogP contribution is -2.53. The second-order valence-corrected chi connectivity index (χ2v) is 10.6. The van der Waals surface area contributed by atoms with Crippen LogP contribution in [-0.2, 0) is 11.2 Å². The number of aromatic amines is 1. The molecule has 0 unspecified atom stereocenters. The van der Waals surface area contributed by atoms with E-state index in [4.69, 9.17) is 4.74 Å². The molecule has 3 heterocycles. The van der Waals surface area contributed by atoms with Gasteiger partial charge in [0.25, 0.3) is 5.91 Å². The Morgan fingerprint density at radius 1 is 1.26 bits per heavy atom. The summed E-state index contributed by atoms with van der Waals surface area (Å²) in [5.41, 5.74) is 1.24. The number of nitrogens with one attached hydrogen (secondary N) is 1. The number of phenols is 1. The fourth-order valence-corrected chi connectivity index (χ4v) is 5.96. The molecule has 3 aromatic rings. The van der Waals surface area contributed by atoms with Gasteiger partial charge in [0.1, 0.15) is 17.3 Å². The number of methoxy groups -OCH3 is 1. The van der Waals surface area contributed by atoms with E-state index in [0.29, 0.717) is 34.1 Å². The van der Waals surface area contributed by atoms with Crippen molar-refractivity contribution in [2.45, 2.75) is 44.7 Å². The van der Waals surface area contributed by atoms with Gasteiger partial charge < -0.3 is 19.7 Å². The number of H-pyrrole nitrogens is 1. The van der Waals surface area contributed by atoms with E-state index in [1.54, 1.807) is 42.2 Å². The van der Waals surface area contributed by atoms with E-state index in [1.165, 1.54) is 12.0 Å². The molecule has 0 saturated carbocycles. The Balaban J connectivity index is 1.54. The number of halogens is 1. The van der Waals surface area contributed by atoms with Crippen LogP contribution in [0.2, 0.25) is 0 Å². The van der Waals surface area contributed by atoms with Crippen molar-refractivity contribution < 1.29 is 23.8 Å². The van der Waals surface area contributed by atoms with Crippen molar-refractivity contribution in [1.82, 2.24) is 19.7 Å². The summed E-state index contributed by atoms with van der Waals surface area (Å²) in [6, 6.07) is 8.84. The molecule has 1 fully saturated rings. The highest BCUT2D eigenvalue weighted by Gasteiger charge is 2.60. The van der Waals surface area contributed by atoms with Crippen molar-refractivity contribution >= 4 is 22.8 Å². The van der Waals surface area contributed by atoms with Crippen molar-refractivity contribution in [2.24, 2.45) is 0 Å². The Morgan fingerprint density at radius 3 is 2.77 bits per heavy atom. The number of nitrogens with zero attached hydrogens (tertiary/aromatic N) is 3. The minimum atomic E-state index is -1.22. The number of carbonyl (C=O) groups is 2. The number of phenolic OH excluding ortho intramolecular Hbond substituents is 1. The largest absolute Gasteiger partial charge is 0.508 e. The summed E-state index contributed by atoms with van der Waals surface area (Å²) in [6.07, 6.45) is 5.99. The highest BCUT2D eigenvalue weighted by molar-refractivity contribution is 6.08. The molecule has 206 valence electrons. The zero-order chi connectivity index (χ0) is 27.9. The summed E-state index contributed by atoms with van der Waals surface area (Å²) in [7, 11) is 3.42. The average Bonchev–Trinajstić information content (AvgIpc) is 3.36. The van der Waals surface area contributed by atoms with Crippen LogP contribution in [-0.4, -0.2) is 76.1 Å². The predicted octanol–water partition coefficient (Wildman–Crippen LogP) is 4.98. The molecule has 2 aliphatic rings. The third kappa shape index (κ3) is 4.44. The molecule has 1 saturated heterocycles.